The predicted molar refractivity (Wildman–Crippen MR) is 141 cm³/mol. The van der Waals surface area contributed by atoms with Gasteiger partial charge in [0.15, 0.2) is 0 Å². The number of piperidine rings is 1. The number of alkyl halides is 3. The molecule has 3 aromatic rings. The second-order valence-corrected chi connectivity index (χ2v) is 11.0. The van der Waals surface area contributed by atoms with Gasteiger partial charge >= 0.3 is 6.18 Å². The molecule has 0 unspecified atom stereocenters. The van der Waals surface area contributed by atoms with Crippen molar-refractivity contribution in [3.63, 3.8) is 0 Å². The van der Waals surface area contributed by atoms with Gasteiger partial charge in [0, 0.05) is 36.3 Å². The third-order valence-electron chi connectivity index (χ3n) is 7.88. The maximum Gasteiger partial charge on any atom is 0.416 e. The van der Waals surface area contributed by atoms with Gasteiger partial charge in [0.2, 0.25) is 5.95 Å². The van der Waals surface area contributed by atoms with Crippen molar-refractivity contribution < 1.29 is 22.4 Å². The van der Waals surface area contributed by atoms with Crippen LogP contribution in [0.2, 0.25) is 5.02 Å². The number of nitrogens with zero attached hydrogens (tertiary/aromatic N) is 3. The van der Waals surface area contributed by atoms with Crippen LogP contribution in [0.15, 0.2) is 48.7 Å². The zero-order valence-electron chi connectivity index (χ0n) is 21.5. The van der Waals surface area contributed by atoms with Gasteiger partial charge in [-0.1, -0.05) is 37.1 Å². The Hall–Kier alpha value is -3.20. The minimum Gasteiger partial charge on any atom is -0.348 e. The summed E-state index contributed by atoms with van der Waals surface area (Å²) in [6.45, 7) is 3.58. The van der Waals surface area contributed by atoms with Crippen LogP contribution in [0.1, 0.15) is 71.8 Å². The van der Waals surface area contributed by atoms with E-state index in [1.807, 2.05) is 24.3 Å². The third-order valence-corrected chi connectivity index (χ3v) is 8.13. The molecule has 0 radical (unpaired) electrons. The molecular formula is C29H29ClF4N4O. The lowest BCUT2D eigenvalue weighted by Gasteiger charge is -2.43. The van der Waals surface area contributed by atoms with Gasteiger partial charge in [-0.25, -0.2) is 14.4 Å². The van der Waals surface area contributed by atoms with Crippen molar-refractivity contribution in [2.24, 2.45) is 5.92 Å². The number of aromatic nitrogens is 2. The Morgan fingerprint density at radius 2 is 1.82 bits per heavy atom. The fourth-order valence-corrected chi connectivity index (χ4v) is 5.55. The van der Waals surface area contributed by atoms with Gasteiger partial charge in [0.05, 0.1) is 16.8 Å². The summed E-state index contributed by atoms with van der Waals surface area (Å²) in [7, 11) is 0. The fourth-order valence-electron chi connectivity index (χ4n) is 5.42. The lowest BCUT2D eigenvalue weighted by atomic mass is 9.61. The highest BCUT2D eigenvalue weighted by atomic mass is 35.5. The van der Waals surface area contributed by atoms with Crippen LogP contribution in [-0.4, -0.2) is 29.0 Å². The first-order valence-corrected chi connectivity index (χ1v) is 13.5. The van der Waals surface area contributed by atoms with Gasteiger partial charge in [0.25, 0.3) is 5.91 Å². The summed E-state index contributed by atoms with van der Waals surface area (Å²) in [6.07, 6.45) is 1.37. The van der Waals surface area contributed by atoms with E-state index in [0.29, 0.717) is 28.6 Å². The average molecular weight is 561 g/mol. The van der Waals surface area contributed by atoms with Crippen molar-refractivity contribution in [3.05, 3.63) is 87.4 Å². The van der Waals surface area contributed by atoms with E-state index in [2.05, 4.69) is 22.1 Å². The molecule has 1 aliphatic heterocycles. The first-order chi connectivity index (χ1) is 18.5. The second kappa shape index (κ2) is 10.8. The summed E-state index contributed by atoms with van der Waals surface area (Å²) in [4.78, 5) is 25.1. The van der Waals surface area contributed by atoms with Crippen LogP contribution in [0.25, 0.3) is 0 Å². The summed E-state index contributed by atoms with van der Waals surface area (Å²) in [5, 5.41) is 3.26. The van der Waals surface area contributed by atoms with Crippen molar-refractivity contribution in [1.82, 2.24) is 15.3 Å². The number of hydrogen-bond acceptors (Lipinski definition) is 4. The molecule has 5 nitrogen and oxygen atoms in total. The molecule has 1 aromatic heterocycles. The average Bonchev–Trinajstić information content (AvgIpc) is 2.87. The molecule has 2 fully saturated rings. The molecule has 0 atom stereocenters. The van der Waals surface area contributed by atoms with Crippen LogP contribution in [0.5, 0.6) is 0 Å². The Kier molecular flexibility index (Phi) is 7.55. The maximum atomic E-state index is 13.9. The van der Waals surface area contributed by atoms with Gasteiger partial charge in [-0.05, 0) is 73.1 Å². The molecule has 1 saturated heterocycles. The van der Waals surface area contributed by atoms with Gasteiger partial charge in [0.1, 0.15) is 5.82 Å². The smallest absolute Gasteiger partial charge is 0.348 e. The highest BCUT2D eigenvalue weighted by Crippen LogP contribution is 2.49. The molecule has 2 aromatic carbocycles. The largest absolute Gasteiger partial charge is 0.416 e. The lowest BCUT2D eigenvalue weighted by molar-refractivity contribution is -0.137. The lowest BCUT2D eigenvalue weighted by Crippen LogP contribution is -2.41. The van der Waals surface area contributed by atoms with E-state index in [1.165, 1.54) is 6.20 Å². The summed E-state index contributed by atoms with van der Waals surface area (Å²) in [5.41, 5.74) is 0.225. The van der Waals surface area contributed by atoms with Crippen molar-refractivity contribution in [2.75, 3.05) is 18.0 Å². The SMILES string of the molecule is CC1CCN(c2ncc(C(=O)NCc3cc(F)cc(C(F)(F)F)c3)c(C3(c4ccc(Cl)cc4)CCC3)n2)CC1. The molecule has 39 heavy (non-hydrogen) atoms. The molecule has 0 spiro atoms. The van der Waals surface area contributed by atoms with E-state index in [1.54, 1.807) is 0 Å². The summed E-state index contributed by atoms with van der Waals surface area (Å²) in [6, 6.07) is 9.76. The minimum atomic E-state index is -4.70. The van der Waals surface area contributed by atoms with E-state index in [0.717, 1.165) is 62.9 Å². The van der Waals surface area contributed by atoms with Crippen molar-refractivity contribution >= 4 is 23.5 Å². The Bertz CT molecular complexity index is 1350. The van der Waals surface area contributed by atoms with Gasteiger partial charge in [-0.3, -0.25) is 4.79 Å². The van der Waals surface area contributed by atoms with E-state index in [4.69, 9.17) is 16.6 Å². The molecule has 0 bridgehead atoms. The molecule has 10 heteroatoms. The zero-order chi connectivity index (χ0) is 27.8. The molecule has 5 rings (SSSR count). The number of benzene rings is 2. The number of carbonyl (C=O) groups is 1. The predicted octanol–water partition coefficient (Wildman–Crippen LogP) is 6.92. The van der Waals surface area contributed by atoms with Gasteiger partial charge in [-0.15, -0.1) is 0 Å². The Labute approximate surface area is 229 Å². The zero-order valence-corrected chi connectivity index (χ0v) is 22.2. The van der Waals surface area contributed by atoms with Crippen LogP contribution in [-0.2, 0) is 18.1 Å². The number of anilines is 1. The minimum absolute atomic E-state index is 0.00765. The normalized spacial score (nSPS) is 17.5. The second-order valence-electron chi connectivity index (χ2n) is 10.6. The van der Waals surface area contributed by atoms with E-state index >= 15 is 0 Å². The topological polar surface area (TPSA) is 58.1 Å². The van der Waals surface area contributed by atoms with Crippen LogP contribution in [0, 0.1) is 11.7 Å². The molecule has 1 aliphatic carbocycles. The van der Waals surface area contributed by atoms with Crippen LogP contribution < -0.4 is 10.2 Å². The fraction of sp³-hybridized carbons (Fsp3) is 0.414. The monoisotopic (exact) mass is 560 g/mol. The molecule has 206 valence electrons. The van der Waals surface area contributed by atoms with Gasteiger partial charge < -0.3 is 10.2 Å². The summed E-state index contributed by atoms with van der Waals surface area (Å²) in [5.74, 6) is -0.358. The number of carbonyl (C=O) groups excluding carboxylic acids is 1. The Morgan fingerprint density at radius 1 is 1.13 bits per heavy atom. The number of amides is 1. The Balaban J connectivity index is 1.49. The van der Waals surface area contributed by atoms with Crippen LogP contribution in [0.3, 0.4) is 0 Å². The van der Waals surface area contributed by atoms with Crippen LogP contribution >= 0.6 is 11.6 Å². The van der Waals surface area contributed by atoms with E-state index < -0.39 is 28.9 Å². The molecule has 1 amide bonds. The third kappa shape index (κ3) is 5.73. The highest BCUT2D eigenvalue weighted by Gasteiger charge is 2.44. The van der Waals surface area contributed by atoms with Crippen molar-refractivity contribution in [3.8, 4) is 0 Å². The van der Waals surface area contributed by atoms with Gasteiger partial charge in [-0.2, -0.15) is 13.2 Å². The standard InChI is InChI=1S/C29H29ClF4N4O/c1-18-7-11-38(12-8-18)27-36-17-24(25(37-27)28(9-2-10-28)20-3-5-22(30)6-4-20)26(39)35-16-19-13-21(29(32,33)34)15-23(31)14-19/h3-6,13-15,17-18H,2,7-12,16H2,1H3,(H,35,39). The quantitative estimate of drug-likeness (QED) is 0.332. The van der Waals surface area contributed by atoms with Crippen LogP contribution in [0.4, 0.5) is 23.5 Å². The Morgan fingerprint density at radius 3 is 2.44 bits per heavy atom. The van der Waals surface area contributed by atoms with Crippen molar-refractivity contribution in [1.29, 1.82) is 0 Å². The number of rotatable bonds is 6. The molecular weight excluding hydrogens is 532 g/mol. The van der Waals surface area contributed by atoms with Crippen molar-refractivity contribution in [2.45, 2.75) is 57.2 Å². The molecule has 2 aliphatic rings. The van der Waals surface area contributed by atoms with E-state index in [9.17, 15) is 22.4 Å². The molecule has 1 N–H and O–H groups in total. The number of nitrogens with one attached hydrogen (secondary N) is 1. The maximum absolute atomic E-state index is 13.9. The molecule has 2 heterocycles. The number of hydrogen-bond donors (Lipinski definition) is 1. The number of halogens is 5. The first-order valence-electron chi connectivity index (χ1n) is 13.1. The summed E-state index contributed by atoms with van der Waals surface area (Å²) >= 11 is 6.15. The van der Waals surface area contributed by atoms with E-state index in [-0.39, 0.29) is 17.7 Å². The molecule has 1 saturated carbocycles. The highest BCUT2D eigenvalue weighted by molar-refractivity contribution is 6.30. The summed E-state index contributed by atoms with van der Waals surface area (Å²) < 4.78 is 53.4. The first kappa shape index (κ1) is 27.4.